The number of hydrogen-bond donors (Lipinski definition) is 0. The zero-order chi connectivity index (χ0) is 15.5. The largest absolute Gasteiger partial charge is 0.339 e. The molecule has 1 fully saturated rings. The van der Waals surface area contributed by atoms with Crippen molar-refractivity contribution in [3.63, 3.8) is 0 Å². The Kier molecular flexibility index (Phi) is 5.34. The van der Waals surface area contributed by atoms with Crippen LogP contribution in [-0.2, 0) is 22.9 Å². The number of piperidine rings is 1. The molecule has 1 aliphatic heterocycles. The molecule has 0 N–H and O–H groups in total. The second-order valence-electron chi connectivity index (χ2n) is 5.89. The molecule has 120 valence electrons. The van der Waals surface area contributed by atoms with Crippen LogP contribution in [-0.4, -0.2) is 67.7 Å². The number of likely N-dealkylation sites (tertiary alicyclic amines) is 1. The van der Waals surface area contributed by atoms with E-state index in [1.807, 2.05) is 0 Å². The lowest BCUT2D eigenvalue weighted by molar-refractivity contribution is 0.216. The molecule has 7 nitrogen and oxygen atoms in total. The van der Waals surface area contributed by atoms with Crippen LogP contribution in [0.15, 0.2) is 4.52 Å². The van der Waals surface area contributed by atoms with E-state index in [1.54, 1.807) is 7.05 Å². The van der Waals surface area contributed by atoms with Gasteiger partial charge in [0.2, 0.25) is 15.9 Å². The first-order valence-corrected chi connectivity index (χ1v) is 9.10. The van der Waals surface area contributed by atoms with E-state index in [0.717, 1.165) is 38.2 Å². The van der Waals surface area contributed by atoms with Crippen molar-refractivity contribution < 1.29 is 12.9 Å². The molecule has 0 amide bonds. The van der Waals surface area contributed by atoms with Gasteiger partial charge in [-0.2, -0.15) is 4.98 Å². The molecule has 1 aromatic heterocycles. The number of rotatable bonds is 6. The highest BCUT2D eigenvalue weighted by atomic mass is 32.2. The van der Waals surface area contributed by atoms with E-state index in [4.69, 9.17) is 4.52 Å². The summed E-state index contributed by atoms with van der Waals surface area (Å²) in [7, 11) is 0.531. The molecule has 1 saturated heterocycles. The van der Waals surface area contributed by atoms with E-state index in [2.05, 4.69) is 22.1 Å². The van der Waals surface area contributed by atoms with Gasteiger partial charge in [0, 0.05) is 26.4 Å². The SMILES string of the molecule is CN1CCC(Cc2noc(CCN(C)S(C)(=O)=O)n2)CC1. The predicted octanol–water partition coefficient (Wildman–Crippen LogP) is 0.388. The third kappa shape index (κ3) is 5.05. The van der Waals surface area contributed by atoms with Crippen molar-refractivity contribution in [2.24, 2.45) is 5.92 Å². The van der Waals surface area contributed by atoms with E-state index in [0.29, 0.717) is 24.8 Å². The third-order valence-electron chi connectivity index (χ3n) is 4.03. The zero-order valence-electron chi connectivity index (χ0n) is 12.9. The summed E-state index contributed by atoms with van der Waals surface area (Å²) in [5.74, 6) is 1.86. The van der Waals surface area contributed by atoms with Crippen LogP contribution >= 0.6 is 0 Å². The molecular formula is C13H24N4O3S. The first-order valence-electron chi connectivity index (χ1n) is 7.26. The molecule has 0 saturated carbocycles. The molecule has 1 aromatic rings. The van der Waals surface area contributed by atoms with Gasteiger partial charge in [-0.05, 0) is 38.9 Å². The van der Waals surface area contributed by atoms with Gasteiger partial charge in [-0.1, -0.05) is 5.16 Å². The van der Waals surface area contributed by atoms with Gasteiger partial charge < -0.3 is 9.42 Å². The Morgan fingerprint density at radius 2 is 2.05 bits per heavy atom. The fourth-order valence-electron chi connectivity index (χ4n) is 2.42. The lowest BCUT2D eigenvalue weighted by Gasteiger charge is -2.28. The van der Waals surface area contributed by atoms with Crippen LogP contribution in [0.5, 0.6) is 0 Å². The standard InChI is InChI=1S/C13H24N4O3S/c1-16-7-4-11(5-8-16)10-12-14-13(20-15-12)6-9-17(2)21(3,18)19/h11H,4-10H2,1-3H3. The molecule has 2 heterocycles. The summed E-state index contributed by atoms with van der Waals surface area (Å²) >= 11 is 0. The normalized spacial score (nSPS) is 18.5. The summed E-state index contributed by atoms with van der Waals surface area (Å²) < 4.78 is 29.1. The lowest BCUT2D eigenvalue weighted by Crippen LogP contribution is -2.31. The van der Waals surface area contributed by atoms with Crippen LogP contribution in [0.1, 0.15) is 24.6 Å². The Morgan fingerprint density at radius 1 is 1.38 bits per heavy atom. The molecule has 0 spiro atoms. The summed E-state index contributed by atoms with van der Waals surface area (Å²) in [5, 5.41) is 4.00. The highest BCUT2D eigenvalue weighted by Gasteiger charge is 2.20. The number of sulfonamides is 1. The van der Waals surface area contributed by atoms with Crippen molar-refractivity contribution in [2.45, 2.75) is 25.7 Å². The summed E-state index contributed by atoms with van der Waals surface area (Å²) in [4.78, 5) is 6.70. The van der Waals surface area contributed by atoms with Gasteiger partial charge in [0.05, 0.1) is 6.26 Å². The maximum absolute atomic E-state index is 11.3. The fourth-order valence-corrected chi connectivity index (χ4v) is 2.84. The van der Waals surface area contributed by atoms with Gasteiger partial charge in [0.1, 0.15) is 0 Å². The van der Waals surface area contributed by atoms with Gasteiger partial charge in [-0.25, -0.2) is 12.7 Å². The van der Waals surface area contributed by atoms with Crippen molar-refractivity contribution >= 4 is 10.0 Å². The van der Waals surface area contributed by atoms with Gasteiger partial charge >= 0.3 is 0 Å². The molecule has 0 radical (unpaired) electrons. The summed E-state index contributed by atoms with van der Waals surface area (Å²) in [5.41, 5.74) is 0. The summed E-state index contributed by atoms with van der Waals surface area (Å²) in [6, 6.07) is 0. The number of likely N-dealkylation sites (N-methyl/N-ethyl adjacent to an activating group) is 1. The maximum atomic E-state index is 11.3. The Morgan fingerprint density at radius 3 is 2.67 bits per heavy atom. The second-order valence-corrected chi connectivity index (χ2v) is 7.98. The number of hydrogen-bond acceptors (Lipinski definition) is 6. The molecule has 21 heavy (non-hydrogen) atoms. The molecule has 1 aliphatic rings. The maximum Gasteiger partial charge on any atom is 0.227 e. The molecule has 0 atom stereocenters. The first kappa shape index (κ1) is 16.4. The van der Waals surface area contributed by atoms with Crippen molar-refractivity contribution in [3.8, 4) is 0 Å². The van der Waals surface area contributed by atoms with Crippen molar-refractivity contribution in [3.05, 3.63) is 11.7 Å². The van der Waals surface area contributed by atoms with Gasteiger partial charge in [-0.15, -0.1) is 0 Å². The molecule has 0 aromatic carbocycles. The van der Waals surface area contributed by atoms with Crippen LogP contribution in [0.3, 0.4) is 0 Å². The van der Waals surface area contributed by atoms with E-state index in [9.17, 15) is 8.42 Å². The summed E-state index contributed by atoms with van der Waals surface area (Å²) in [6.45, 7) is 2.59. The Balaban J connectivity index is 1.81. The van der Waals surface area contributed by atoms with Crippen LogP contribution in [0, 0.1) is 5.92 Å². The Bertz CT molecular complexity index is 550. The van der Waals surface area contributed by atoms with Crippen molar-refractivity contribution in [1.29, 1.82) is 0 Å². The van der Waals surface area contributed by atoms with Crippen LogP contribution < -0.4 is 0 Å². The van der Waals surface area contributed by atoms with Crippen LogP contribution in [0.2, 0.25) is 0 Å². The van der Waals surface area contributed by atoms with Gasteiger partial charge in [0.15, 0.2) is 5.82 Å². The molecule has 0 bridgehead atoms. The molecule has 0 unspecified atom stereocenters. The smallest absolute Gasteiger partial charge is 0.227 e. The zero-order valence-corrected chi connectivity index (χ0v) is 13.8. The number of nitrogens with zero attached hydrogens (tertiary/aromatic N) is 4. The predicted molar refractivity (Wildman–Crippen MR) is 79.4 cm³/mol. The topological polar surface area (TPSA) is 79.5 Å². The van der Waals surface area contributed by atoms with E-state index in [1.165, 1.54) is 10.6 Å². The second kappa shape index (κ2) is 6.85. The van der Waals surface area contributed by atoms with Gasteiger partial charge in [0.25, 0.3) is 0 Å². The fraction of sp³-hybridized carbons (Fsp3) is 0.846. The molecular weight excluding hydrogens is 292 g/mol. The highest BCUT2D eigenvalue weighted by molar-refractivity contribution is 7.88. The Labute approximate surface area is 126 Å². The van der Waals surface area contributed by atoms with Crippen molar-refractivity contribution in [1.82, 2.24) is 19.3 Å². The third-order valence-corrected chi connectivity index (χ3v) is 5.34. The quantitative estimate of drug-likeness (QED) is 0.755. The Hall–Kier alpha value is -0.990. The molecule has 8 heteroatoms. The summed E-state index contributed by atoms with van der Waals surface area (Å²) in [6.07, 6.45) is 4.81. The minimum Gasteiger partial charge on any atom is -0.339 e. The highest BCUT2D eigenvalue weighted by Crippen LogP contribution is 2.19. The molecule has 0 aliphatic carbocycles. The van der Waals surface area contributed by atoms with Crippen LogP contribution in [0.4, 0.5) is 0 Å². The first-order chi connectivity index (χ1) is 9.84. The van der Waals surface area contributed by atoms with Gasteiger partial charge in [-0.3, -0.25) is 0 Å². The average molecular weight is 316 g/mol. The monoisotopic (exact) mass is 316 g/mol. The lowest BCUT2D eigenvalue weighted by atomic mass is 9.94. The minimum absolute atomic E-state index is 0.356. The van der Waals surface area contributed by atoms with E-state index in [-0.39, 0.29) is 0 Å². The van der Waals surface area contributed by atoms with E-state index < -0.39 is 10.0 Å². The molecule has 2 rings (SSSR count). The average Bonchev–Trinajstić information content (AvgIpc) is 2.85. The van der Waals surface area contributed by atoms with Crippen molar-refractivity contribution in [2.75, 3.05) is 40.0 Å². The van der Waals surface area contributed by atoms with E-state index >= 15 is 0 Å². The number of aromatic nitrogens is 2. The van der Waals surface area contributed by atoms with Crippen LogP contribution in [0.25, 0.3) is 0 Å². The minimum atomic E-state index is -3.16.